The number of benzene rings is 1. The second-order valence-corrected chi connectivity index (χ2v) is 4.00. The van der Waals surface area contributed by atoms with Crippen LogP contribution in [0.25, 0.3) is 0 Å². The third-order valence-corrected chi connectivity index (χ3v) is 2.90. The van der Waals surface area contributed by atoms with Crippen LogP contribution in [0.3, 0.4) is 0 Å². The standard InChI is InChI=1S/C14H16/c1-11-6-5-7-12(2)14(11)10-13-8-3-4-9-13/h3-8H,9-10H2,1-2H3. The highest BCUT2D eigenvalue weighted by Crippen LogP contribution is 2.21. The maximum absolute atomic E-state index is 2.24. The smallest absolute Gasteiger partial charge is 0.00556 e. The van der Waals surface area contributed by atoms with E-state index in [4.69, 9.17) is 0 Å². The summed E-state index contributed by atoms with van der Waals surface area (Å²) in [6, 6.07) is 6.53. The highest BCUT2D eigenvalue weighted by Gasteiger charge is 2.05. The van der Waals surface area contributed by atoms with Gasteiger partial charge in [-0.1, -0.05) is 42.0 Å². The zero-order chi connectivity index (χ0) is 9.97. The molecule has 0 aliphatic heterocycles. The molecule has 2 rings (SSSR count). The number of hydrogen-bond donors (Lipinski definition) is 0. The first-order valence-electron chi connectivity index (χ1n) is 5.17. The number of rotatable bonds is 2. The van der Waals surface area contributed by atoms with Gasteiger partial charge in [0.2, 0.25) is 0 Å². The fourth-order valence-electron chi connectivity index (χ4n) is 1.98. The molecule has 0 bridgehead atoms. The summed E-state index contributed by atoms with van der Waals surface area (Å²) in [5.74, 6) is 0. The van der Waals surface area contributed by atoms with Gasteiger partial charge >= 0.3 is 0 Å². The van der Waals surface area contributed by atoms with E-state index in [-0.39, 0.29) is 0 Å². The minimum absolute atomic E-state index is 1.12. The monoisotopic (exact) mass is 184 g/mol. The molecule has 0 nitrogen and oxygen atoms in total. The fourth-order valence-corrected chi connectivity index (χ4v) is 1.98. The highest BCUT2D eigenvalue weighted by molar-refractivity contribution is 5.38. The molecular formula is C14H16. The zero-order valence-electron chi connectivity index (χ0n) is 8.88. The lowest BCUT2D eigenvalue weighted by molar-refractivity contribution is 1.05. The predicted molar refractivity (Wildman–Crippen MR) is 61.5 cm³/mol. The van der Waals surface area contributed by atoms with Crippen molar-refractivity contribution < 1.29 is 0 Å². The van der Waals surface area contributed by atoms with Gasteiger partial charge in [0.1, 0.15) is 0 Å². The van der Waals surface area contributed by atoms with Crippen LogP contribution in [0.1, 0.15) is 23.1 Å². The Bertz CT molecular complexity index is 374. The quantitative estimate of drug-likeness (QED) is 0.657. The second kappa shape index (κ2) is 3.83. The largest absolute Gasteiger partial charge is 0.0804 e. The first-order valence-corrected chi connectivity index (χ1v) is 5.17. The van der Waals surface area contributed by atoms with E-state index in [1.165, 1.54) is 22.3 Å². The molecule has 0 spiro atoms. The van der Waals surface area contributed by atoms with Crippen molar-refractivity contribution >= 4 is 0 Å². The van der Waals surface area contributed by atoms with Crippen LogP contribution in [0.5, 0.6) is 0 Å². The van der Waals surface area contributed by atoms with E-state index in [0.29, 0.717) is 0 Å². The van der Waals surface area contributed by atoms with Gasteiger partial charge in [-0.3, -0.25) is 0 Å². The average molecular weight is 184 g/mol. The number of hydrogen-bond acceptors (Lipinski definition) is 0. The third kappa shape index (κ3) is 1.79. The Hall–Kier alpha value is -1.30. The van der Waals surface area contributed by atoms with Gasteiger partial charge in [-0.15, -0.1) is 0 Å². The second-order valence-electron chi connectivity index (χ2n) is 4.00. The molecule has 0 fully saturated rings. The minimum atomic E-state index is 1.12. The predicted octanol–water partition coefficient (Wildman–Crippen LogP) is 3.73. The Morgan fingerprint density at radius 3 is 2.43 bits per heavy atom. The summed E-state index contributed by atoms with van der Waals surface area (Å²) in [7, 11) is 0. The molecule has 0 N–H and O–H groups in total. The van der Waals surface area contributed by atoms with Crippen LogP contribution in [-0.4, -0.2) is 0 Å². The zero-order valence-corrected chi connectivity index (χ0v) is 8.88. The van der Waals surface area contributed by atoms with Gasteiger partial charge in [-0.05, 0) is 43.4 Å². The molecule has 0 atom stereocenters. The SMILES string of the molecule is Cc1cccc(C)c1CC1=CC=CC1. The molecule has 72 valence electrons. The molecule has 1 aliphatic rings. The van der Waals surface area contributed by atoms with Gasteiger partial charge in [0.15, 0.2) is 0 Å². The fraction of sp³-hybridized carbons (Fsp3) is 0.286. The molecule has 0 amide bonds. The Kier molecular flexibility index (Phi) is 2.53. The van der Waals surface area contributed by atoms with Gasteiger partial charge in [0, 0.05) is 0 Å². The molecule has 0 aromatic heterocycles. The van der Waals surface area contributed by atoms with E-state index < -0.39 is 0 Å². The minimum Gasteiger partial charge on any atom is -0.0804 e. The lowest BCUT2D eigenvalue weighted by Gasteiger charge is -2.09. The van der Waals surface area contributed by atoms with Crippen molar-refractivity contribution in [1.29, 1.82) is 0 Å². The van der Waals surface area contributed by atoms with Crippen molar-refractivity contribution in [3.05, 3.63) is 58.7 Å². The summed E-state index contributed by atoms with van der Waals surface area (Å²) in [5, 5.41) is 0. The third-order valence-electron chi connectivity index (χ3n) is 2.90. The van der Waals surface area contributed by atoms with Crippen molar-refractivity contribution in [2.45, 2.75) is 26.7 Å². The molecule has 1 aliphatic carbocycles. The van der Waals surface area contributed by atoms with Crippen LogP contribution in [-0.2, 0) is 6.42 Å². The van der Waals surface area contributed by atoms with Gasteiger partial charge in [0.05, 0.1) is 0 Å². The number of aryl methyl sites for hydroxylation is 2. The summed E-state index contributed by atoms with van der Waals surface area (Å²) in [6.07, 6.45) is 8.87. The first-order chi connectivity index (χ1) is 6.77. The van der Waals surface area contributed by atoms with E-state index in [0.717, 1.165) is 12.8 Å². The molecular weight excluding hydrogens is 168 g/mol. The van der Waals surface area contributed by atoms with Gasteiger partial charge < -0.3 is 0 Å². The van der Waals surface area contributed by atoms with Crippen LogP contribution in [0.15, 0.2) is 42.0 Å². The molecule has 0 unspecified atom stereocenters. The molecule has 0 heterocycles. The van der Waals surface area contributed by atoms with Crippen LogP contribution in [0, 0.1) is 13.8 Å². The van der Waals surface area contributed by atoms with E-state index >= 15 is 0 Å². The normalized spacial score (nSPS) is 14.6. The Labute approximate surface area is 86.0 Å². The molecule has 0 radical (unpaired) electrons. The molecule has 0 saturated carbocycles. The van der Waals surface area contributed by atoms with Crippen molar-refractivity contribution in [3.8, 4) is 0 Å². The van der Waals surface area contributed by atoms with Gasteiger partial charge in [-0.25, -0.2) is 0 Å². The van der Waals surface area contributed by atoms with E-state index in [1.807, 2.05) is 0 Å². The Morgan fingerprint density at radius 2 is 1.86 bits per heavy atom. The highest BCUT2D eigenvalue weighted by atomic mass is 14.1. The lowest BCUT2D eigenvalue weighted by atomic mass is 9.96. The van der Waals surface area contributed by atoms with Crippen molar-refractivity contribution in [2.24, 2.45) is 0 Å². The molecule has 14 heavy (non-hydrogen) atoms. The van der Waals surface area contributed by atoms with Crippen LogP contribution in [0.4, 0.5) is 0 Å². The summed E-state index contributed by atoms with van der Waals surface area (Å²) in [5.41, 5.74) is 5.86. The summed E-state index contributed by atoms with van der Waals surface area (Å²) in [6.45, 7) is 4.40. The topological polar surface area (TPSA) is 0 Å². The maximum Gasteiger partial charge on any atom is -0.00556 e. The van der Waals surface area contributed by atoms with E-state index in [1.54, 1.807) is 0 Å². The Balaban J connectivity index is 2.24. The lowest BCUT2D eigenvalue weighted by Crippen LogP contribution is -1.95. The molecule has 0 saturated heterocycles. The van der Waals surface area contributed by atoms with Crippen LogP contribution >= 0.6 is 0 Å². The van der Waals surface area contributed by atoms with Crippen molar-refractivity contribution in [1.82, 2.24) is 0 Å². The first kappa shape index (κ1) is 9.26. The van der Waals surface area contributed by atoms with Gasteiger partial charge in [-0.2, -0.15) is 0 Å². The summed E-state index contributed by atoms with van der Waals surface area (Å²) >= 11 is 0. The van der Waals surface area contributed by atoms with Crippen LogP contribution < -0.4 is 0 Å². The van der Waals surface area contributed by atoms with Crippen molar-refractivity contribution in [2.75, 3.05) is 0 Å². The average Bonchev–Trinajstić information content (AvgIpc) is 2.64. The summed E-state index contributed by atoms with van der Waals surface area (Å²) < 4.78 is 0. The van der Waals surface area contributed by atoms with Gasteiger partial charge in [0.25, 0.3) is 0 Å². The molecule has 0 heteroatoms. The van der Waals surface area contributed by atoms with Crippen molar-refractivity contribution in [3.63, 3.8) is 0 Å². The number of allylic oxidation sites excluding steroid dienone is 4. The van der Waals surface area contributed by atoms with E-state index in [9.17, 15) is 0 Å². The maximum atomic E-state index is 2.24. The Morgan fingerprint density at radius 1 is 1.14 bits per heavy atom. The summed E-state index contributed by atoms with van der Waals surface area (Å²) in [4.78, 5) is 0. The molecule has 1 aromatic carbocycles. The molecule has 1 aromatic rings. The van der Waals surface area contributed by atoms with Crippen LogP contribution in [0.2, 0.25) is 0 Å². The van der Waals surface area contributed by atoms with E-state index in [2.05, 4.69) is 50.3 Å².